The van der Waals surface area contributed by atoms with Crippen LogP contribution in [0.1, 0.15) is 11.1 Å². The lowest BCUT2D eigenvalue weighted by Crippen LogP contribution is -2.04. The highest BCUT2D eigenvalue weighted by atomic mass is 32.2. The molecule has 0 aliphatic carbocycles. The van der Waals surface area contributed by atoms with Crippen LogP contribution >= 0.6 is 0 Å². The fourth-order valence-corrected chi connectivity index (χ4v) is 3.53. The van der Waals surface area contributed by atoms with Crippen LogP contribution in [0, 0.1) is 13.8 Å². The van der Waals surface area contributed by atoms with Gasteiger partial charge in [-0.05, 0) is 55.3 Å². The molecule has 0 amide bonds. The van der Waals surface area contributed by atoms with Gasteiger partial charge in [0.15, 0.2) is 0 Å². The summed E-state index contributed by atoms with van der Waals surface area (Å²) in [4.78, 5) is 0.0520. The number of hydrogen-bond acceptors (Lipinski definition) is 4. The molecule has 0 fully saturated rings. The lowest BCUT2D eigenvalue weighted by molar-refractivity contribution is 0.472. The Bertz CT molecular complexity index is 713. The van der Waals surface area contributed by atoms with E-state index in [1.807, 2.05) is 0 Å². The van der Waals surface area contributed by atoms with Gasteiger partial charge in [0.1, 0.15) is 11.5 Å². The zero-order valence-electron chi connectivity index (χ0n) is 10.6. The quantitative estimate of drug-likeness (QED) is 0.885. The molecule has 0 unspecified atom stereocenters. The Labute approximate surface area is 111 Å². The number of hydrogen-bond donors (Lipinski definition) is 2. The summed E-state index contributed by atoms with van der Waals surface area (Å²) in [5, 5.41) is 19.0. The highest BCUT2D eigenvalue weighted by molar-refractivity contribution is 7.91. The van der Waals surface area contributed by atoms with E-state index in [4.69, 9.17) is 0 Å². The lowest BCUT2D eigenvalue weighted by atomic mass is 10.2. The molecule has 0 aliphatic heterocycles. The van der Waals surface area contributed by atoms with Gasteiger partial charge in [-0.2, -0.15) is 0 Å². The molecule has 0 bridgehead atoms. The maximum absolute atomic E-state index is 12.5. The van der Waals surface area contributed by atoms with Crippen molar-refractivity contribution in [1.29, 1.82) is 0 Å². The zero-order chi connectivity index (χ0) is 14.2. The van der Waals surface area contributed by atoms with Crippen molar-refractivity contribution in [3.63, 3.8) is 0 Å². The van der Waals surface area contributed by atoms with Crippen LogP contribution in [-0.4, -0.2) is 18.6 Å². The molecule has 0 atom stereocenters. The van der Waals surface area contributed by atoms with Gasteiger partial charge in [0.2, 0.25) is 9.84 Å². The Hall–Kier alpha value is -2.01. The molecular formula is C14H14O4S. The van der Waals surface area contributed by atoms with Crippen molar-refractivity contribution in [2.24, 2.45) is 0 Å². The molecule has 2 aromatic rings. The zero-order valence-corrected chi connectivity index (χ0v) is 11.4. The van der Waals surface area contributed by atoms with Gasteiger partial charge < -0.3 is 10.2 Å². The summed E-state index contributed by atoms with van der Waals surface area (Å²) in [5.41, 5.74) is 1.19. The van der Waals surface area contributed by atoms with Crippen LogP contribution in [0.4, 0.5) is 0 Å². The normalized spacial score (nSPS) is 11.5. The Morgan fingerprint density at radius 2 is 1.58 bits per heavy atom. The van der Waals surface area contributed by atoms with Crippen molar-refractivity contribution < 1.29 is 18.6 Å². The first-order valence-electron chi connectivity index (χ1n) is 5.66. The van der Waals surface area contributed by atoms with Crippen molar-refractivity contribution in [1.82, 2.24) is 0 Å². The van der Waals surface area contributed by atoms with Crippen LogP contribution in [-0.2, 0) is 9.84 Å². The van der Waals surface area contributed by atoms with E-state index in [2.05, 4.69) is 0 Å². The van der Waals surface area contributed by atoms with Crippen molar-refractivity contribution in [3.8, 4) is 11.5 Å². The fourth-order valence-electron chi connectivity index (χ4n) is 1.89. The number of benzene rings is 2. The van der Waals surface area contributed by atoms with Crippen molar-refractivity contribution in [3.05, 3.63) is 47.5 Å². The number of phenolic OH excluding ortho intramolecular Hbond substituents is 2. The summed E-state index contributed by atoms with van der Waals surface area (Å²) in [6.45, 7) is 3.36. The molecule has 0 spiro atoms. The number of aryl methyl sites for hydroxylation is 2. The van der Waals surface area contributed by atoms with Gasteiger partial charge in [0.05, 0.1) is 9.79 Å². The molecule has 4 nitrogen and oxygen atoms in total. The average Bonchev–Trinajstić information content (AvgIpc) is 2.31. The fraction of sp³-hybridized carbons (Fsp3) is 0.143. The molecule has 0 radical (unpaired) electrons. The lowest BCUT2D eigenvalue weighted by Gasteiger charge is -2.09. The van der Waals surface area contributed by atoms with Crippen LogP contribution in [0.15, 0.2) is 46.2 Å². The van der Waals surface area contributed by atoms with E-state index < -0.39 is 9.84 Å². The molecule has 100 valence electrons. The van der Waals surface area contributed by atoms with Crippen molar-refractivity contribution in [2.45, 2.75) is 23.6 Å². The minimum atomic E-state index is -3.76. The third-order valence-corrected chi connectivity index (χ3v) is 4.68. The molecule has 0 heterocycles. The van der Waals surface area contributed by atoms with Crippen LogP contribution in [0.2, 0.25) is 0 Å². The molecule has 2 rings (SSSR count). The third-order valence-electron chi connectivity index (χ3n) is 2.81. The molecule has 2 N–H and O–H groups in total. The summed E-state index contributed by atoms with van der Waals surface area (Å²) in [6, 6.07) is 8.35. The molecule has 5 heteroatoms. The van der Waals surface area contributed by atoms with Gasteiger partial charge in [-0.1, -0.05) is 6.07 Å². The van der Waals surface area contributed by atoms with Crippen molar-refractivity contribution in [2.75, 3.05) is 0 Å². The molecule has 0 saturated heterocycles. The van der Waals surface area contributed by atoms with E-state index in [-0.39, 0.29) is 21.3 Å². The Morgan fingerprint density at radius 1 is 0.895 bits per heavy atom. The Morgan fingerprint density at radius 3 is 2.21 bits per heavy atom. The second kappa shape index (κ2) is 4.59. The van der Waals surface area contributed by atoms with E-state index >= 15 is 0 Å². The number of aromatic hydroxyl groups is 2. The van der Waals surface area contributed by atoms with Gasteiger partial charge in [-0.3, -0.25) is 0 Å². The van der Waals surface area contributed by atoms with Gasteiger partial charge >= 0.3 is 0 Å². The highest BCUT2D eigenvalue weighted by Gasteiger charge is 2.21. The van der Waals surface area contributed by atoms with Crippen LogP contribution < -0.4 is 0 Å². The maximum atomic E-state index is 12.5. The van der Waals surface area contributed by atoms with Gasteiger partial charge in [-0.25, -0.2) is 8.42 Å². The highest BCUT2D eigenvalue weighted by Crippen LogP contribution is 2.29. The molecule has 19 heavy (non-hydrogen) atoms. The molecule has 0 aliphatic rings. The summed E-state index contributed by atoms with van der Waals surface area (Å²) in [5.74, 6) is -0.211. The standard InChI is InChI=1S/C14H14O4S/c1-9-5-12(16)7-13(6-9)19(17,18)14-8-11(15)4-3-10(14)2/h3-8,15-16H,1-2H3. The first-order chi connectivity index (χ1) is 8.80. The largest absolute Gasteiger partial charge is 0.508 e. The van der Waals surface area contributed by atoms with E-state index in [1.165, 1.54) is 36.4 Å². The van der Waals surface area contributed by atoms with Gasteiger partial charge in [-0.15, -0.1) is 0 Å². The monoisotopic (exact) mass is 278 g/mol. The summed E-state index contributed by atoms with van der Waals surface area (Å²) in [6.07, 6.45) is 0. The van der Waals surface area contributed by atoms with Gasteiger partial charge in [0.25, 0.3) is 0 Å². The van der Waals surface area contributed by atoms with Crippen LogP contribution in [0.25, 0.3) is 0 Å². The van der Waals surface area contributed by atoms with E-state index in [9.17, 15) is 18.6 Å². The predicted octanol–water partition coefficient (Wildman–Crippen LogP) is 2.55. The molecular weight excluding hydrogens is 264 g/mol. The maximum Gasteiger partial charge on any atom is 0.207 e. The summed E-state index contributed by atoms with van der Waals surface area (Å²) in [7, 11) is -3.76. The Balaban J connectivity index is 2.68. The molecule has 0 aromatic heterocycles. The SMILES string of the molecule is Cc1cc(O)cc(S(=O)(=O)c2cc(O)ccc2C)c1. The van der Waals surface area contributed by atoms with E-state index in [1.54, 1.807) is 13.8 Å². The van der Waals surface area contributed by atoms with Crippen LogP contribution in [0.5, 0.6) is 11.5 Å². The van der Waals surface area contributed by atoms with E-state index in [0.29, 0.717) is 11.1 Å². The minimum Gasteiger partial charge on any atom is -0.508 e. The van der Waals surface area contributed by atoms with Crippen LogP contribution in [0.3, 0.4) is 0 Å². The van der Waals surface area contributed by atoms with Gasteiger partial charge in [0, 0.05) is 0 Å². The number of sulfone groups is 1. The second-order valence-corrected chi connectivity index (χ2v) is 6.38. The first kappa shape index (κ1) is 13.4. The first-order valence-corrected chi connectivity index (χ1v) is 7.14. The minimum absolute atomic E-state index is 0.0127. The third kappa shape index (κ3) is 2.56. The summed E-state index contributed by atoms with van der Waals surface area (Å²) >= 11 is 0. The summed E-state index contributed by atoms with van der Waals surface area (Å²) < 4.78 is 25.0. The Kier molecular flexibility index (Phi) is 3.24. The second-order valence-electron chi connectivity index (χ2n) is 4.46. The predicted molar refractivity (Wildman–Crippen MR) is 71.1 cm³/mol. The molecule has 0 saturated carbocycles. The molecule has 2 aromatic carbocycles. The number of rotatable bonds is 2. The average molecular weight is 278 g/mol. The van der Waals surface area contributed by atoms with Crippen molar-refractivity contribution >= 4 is 9.84 Å². The number of phenols is 2. The van der Waals surface area contributed by atoms with E-state index in [0.717, 1.165) is 0 Å². The topological polar surface area (TPSA) is 74.6 Å². The smallest absolute Gasteiger partial charge is 0.207 e.